The largest absolute Gasteiger partial charge is 0.394 e. The first kappa shape index (κ1) is 19.7. The number of aliphatic hydroxyl groups excluding tert-OH is 1. The number of rotatable bonds is 8. The Morgan fingerprint density at radius 1 is 1.21 bits per heavy atom. The third-order valence-corrected chi connectivity index (χ3v) is 4.51. The molecule has 0 bridgehead atoms. The van der Waals surface area contributed by atoms with Crippen molar-refractivity contribution in [1.29, 1.82) is 0 Å². The van der Waals surface area contributed by atoms with Crippen LogP contribution in [0.2, 0.25) is 0 Å². The summed E-state index contributed by atoms with van der Waals surface area (Å²) in [4.78, 5) is 24.5. The van der Waals surface area contributed by atoms with E-state index in [1.807, 2.05) is 38.3 Å². The highest BCUT2D eigenvalue weighted by molar-refractivity contribution is 5.87. The number of hydrogen-bond acceptors (Lipinski definition) is 8. The number of benzene rings is 1. The van der Waals surface area contributed by atoms with E-state index in [4.69, 9.17) is 0 Å². The minimum absolute atomic E-state index is 0.0294. The lowest BCUT2D eigenvalue weighted by Gasteiger charge is -2.20. The number of imidazole rings is 1. The molecule has 0 fully saturated rings. The summed E-state index contributed by atoms with van der Waals surface area (Å²) < 4.78 is 1.96. The fourth-order valence-electron chi connectivity index (χ4n) is 2.81. The first-order valence-corrected chi connectivity index (χ1v) is 9.25. The van der Waals surface area contributed by atoms with E-state index < -0.39 is 0 Å². The molecule has 0 amide bonds. The van der Waals surface area contributed by atoms with Gasteiger partial charge in [0.25, 0.3) is 0 Å². The van der Waals surface area contributed by atoms with Gasteiger partial charge < -0.3 is 20.3 Å². The van der Waals surface area contributed by atoms with Crippen LogP contribution in [0.25, 0.3) is 11.2 Å². The molecule has 0 aliphatic carbocycles. The summed E-state index contributed by atoms with van der Waals surface area (Å²) in [7, 11) is 0. The van der Waals surface area contributed by atoms with E-state index in [9.17, 15) is 10.0 Å². The monoisotopic (exact) mass is 383 g/mol. The smallest absolute Gasteiger partial charge is 0.227 e. The molecule has 2 aromatic heterocycles. The Balaban J connectivity index is 2.07. The molecule has 28 heavy (non-hydrogen) atoms. The molecule has 0 saturated heterocycles. The molecule has 0 aliphatic heterocycles. The van der Waals surface area contributed by atoms with Gasteiger partial charge in [-0.2, -0.15) is 9.97 Å². The predicted octanol–water partition coefficient (Wildman–Crippen LogP) is 3.98. The second-order valence-electron chi connectivity index (χ2n) is 7.26. The van der Waals surface area contributed by atoms with Crippen LogP contribution in [0.4, 0.5) is 23.1 Å². The highest BCUT2D eigenvalue weighted by Gasteiger charge is 2.18. The average molecular weight is 383 g/mol. The van der Waals surface area contributed by atoms with Crippen molar-refractivity contribution in [2.75, 3.05) is 17.2 Å². The lowest BCUT2D eigenvalue weighted by molar-refractivity contribution is 0.248. The SMILES string of the molecule is CC(C)[C@H](CO)Nc1nc(Nc2cccc(N=O)c2)c2ncn(C(C)C)c2n1. The first-order valence-electron chi connectivity index (χ1n) is 9.25. The maximum atomic E-state index is 10.8. The Labute approximate surface area is 163 Å². The van der Waals surface area contributed by atoms with Gasteiger partial charge in [-0.15, -0.1) is 4.91 Å². The Morgan fingerprint density at radius 3 is 2.64 bits per heavy atom. The molecule has 0 radical (unpaired) electrons. The second-order valence-corrected chi connectivity index (χ2v) is 7.26. The van der Waals surface area contributed by atoms with Gasteiger partial charge in [0.2, 0.25) is 5.95 Å². The molecule has 0 spiro atoms. The van der Waals surface area contributed by atoms with Crippen LogP contribution in [0, 0.1) is 10.8 Å². The number of hydrogen-bond donors (Lipinski definition) is 3. The zero-order valence-corrected chi connectivity index (χ0v) is 16.4. The first-order chi connectivity index (χ1) is 13.4. The van der Waals surface area contributed by atoms with Gasteiger partial charge in [0.15, 0.2) is 17.0 Å². The van der Waals surface area contributed by atoms with Crippen molar-refractivity contribution in [2.45, 2.75) is 39.8 Å². The number of anilines is 3. The van der Waals surface area contributed by atoms with Crippen LogP contribution < -0.4 is 10.6 Å². The molecule has 9 nitrogen and oxygen atoms in total. The summed E-state index contributed by atoms with van der Waals surface area (Å²) in [6.45, 7) is 8.10. The summed E-state index contributed by atoms with van der Waals surface area (Å²) >= 11 is 0. The quantitative estimate of drug-likeness (QED) is 0.504. The van der Waals surface area contributed by atoms with E-state index in [2.05, 4.69) is 30.8 Å². The van der Waals surface area contributed by atoms with Crippen molar-refractivity contribution in [2.24, 2.45) is 11.1 Å². The van der Waals surface area contributed by atoms with Crippen LogP contribution in [0.3, 0.4) is 0 Å². The predicted molar refractivity (Wildman–Crippen MR) is 110 cm³/mol. The van der Waals surface area contributed by atoms with Crippen LogP contribution in [0.1, 0.15) is 33.7 Å². The van der Waals surface area contributed by atoms with E-state index in [0.717, 1.165) is 0 Å². The van der Waals surface area contributed by atoms with Gasteiger partial charge in [-0.3, -0.25) is 0 Å². The Morgan fingerprint density at radius 2 is 2.00 bits per heavy atom. The zero-order chi connectivity index (χ0) is 20.3. The molecule has 3 rings (SSSR count). The molecule has 0 saturated carbocycles. The summed E-state index contributed by atoms with van der Waals surface area (Å²) in [6.07, 6.45) is 1.73. The van der Waals surface area contributed by atoms with Crippen LogP contribution >= 0.6 is 0 Å². The minimum atomic E-state index is -0.177. The fourth-order valence-corrected chi connectivity index (χ4v) is 2.81. The average Bonchev–Trinajstić information content (AvgIpc) is 3.10. The molecule has 3 aromatic rings. The second kappa shape index (κ2) is 8.30. The molecule has 148 valence electrons. The Kier molecular flexibility index (Phi) is 5.84. The van der Waals surface area contributed by atoms with E-state index in [0.29, 0.717) is 34.3 Å². The topological polar surface area (TPSA) is 117 Å². The normalized spacial score (nSPS) is 12.5. The molecular weight excluding hydrogens is 358 g/mol. The number of fused-ring (bicyclic) bond motifs is 1. The number of nitrogens with one attached hydrogen (secondary N) is 2. The summed E-state index contributed by atoms with van der Waals surface area (Å²) in [5.41, 5.74) is 2.29. The van der Waals surface area contributed by atoms with Gasteiger partial charge in [-0.1, -0.05) is 19.9 Å². The molecule has 2 heterocycles. The van der Waals surface area contributed by atoms with Gasteiger partial charge in [-0.05, 0) is 43.1 Å². The van der Waals surface area contributed by atoms with Crippen LogP contribution in [0.15, 0.2) is 35.8 Å². The number of aromatic nitrogens is 4. The Bertz CT molecular complexity index is 968. The van der Waals surface area contributed by atoms with E-state index >= 15 is 0 Å². The lowest BCUT2D eigenvalue weighted by atomic mass is 10.1. The molecule has 0 unspecified atom stereocenters. The molecule has 9 heteroatoms. The van der Waals surface area contributed by atoms with Gasteiger partial charge in [0, 0.05) is 11.7 Å². The standard InChI is InChI=1S/C19H25N7O2/c1-11(2)15(9-27)22-19-23-17(21-13-6-5-7-14(8-13)25-28)16-18(24-19)26(10-20-16)12(3)4/h5-8,10-12,15,27H,9H2,1-4H3,(H2,21,22,23,24)/t15-/m0/s1. The van der Waals surface area contributed by atoms with Crippen molar-refractivity contribution >= 4 is 34.3 Å². The minimum Gasteiger partial charge on any atom is -0.394 e. The van der Waals surface area contributed by atoms with E-state index in [-0.39, 0.29) is 24.6 Å². The highest BCUT2D eigenvalue weighted by atomic mass is 16.3. The van der Waals surface area contributed by atoms with Crippen LogP contribution in [-0.2, 0) is 0 Å². The Hall–Kier alpha value is -3.07. The summed E-state index contributed by atoms with van der Waals surface area (Å²) in [5.74, 6) is 1.11. The maximum absolute atomic E-state index is 10.8. The molecule has 1 atom stereocenters. The van der Waals surface area contributed by atoms with E-state index in [1.165, 1.54) is 0 Å². The maximum Gasteiger partial charge on any atom is 0.227 e. The van der Waals surface area contributed by atoms with Crippen molar-refractivity contribution in [3.05, 3.63) is 35.5 Å². The van der Waals surface area contributed by atoms with Crippen molar-refractivity contribution in [3.8, 4) is 0 Å². The van der Waals surface area contributed by atoms with Crippen molar-refractivity contribution < 1.29 is 5.11 Å². The third kappa shape index (κ3) is 4.09. The summed E-state index contributed by atoms with van der Waals surface area (Å²) in [6, 6.07) is 6.81. The molecule has 1 aromatic carbocycles. The third-order valence-electron chi connectivity index (χ3n) is 4.51. The summed E-state index contributed by atoms with van der Waals surface area (Å²) in [5, 5.41) is 19.0. The number of aliphatic hydroxyl groups is 1. The van der Waals surface area contributed by atoms with Crippen molar-refractivity contribution in [3.63, 3.8) is 0 Å². The van der Waals surface area contributed by atoms with Gasteiger partial charge in [0.05, 0.1) is 19.0 Å². The molecule has 0 aliphatic rings. The number of nitrogens with zero attached hydrogens (tertiary/aromatic N) is 5. The fraction of sp³-hybridized carbons (Fsp3) is 0.421. The van der Waals surface area contributed by atoms with Crippen molar-refractivity contribution in [1.82, 2.24) is 19.5 Å². The molecule has 3 N–H and O–H groups in total. The number of nitroso groups, excluding NO2 is 1. The van der Waals surface area contributed by atoms with Crippen LogP contribution in [-0.4, -0.2) is 37.3 Å². The van der Waals surface area contributed by atoms with E-state index in [1.54, 1.807) is 24.5 Å². The lowest BCUT2D eigenvalue weighted by Crippen LogP contribution is -2.30. The van der Waals surface area contributed by atoms with Gasteiger partial charge in [0.1, 0.15) is 5.69 Å². The van der Waals surface area contributed by atoms with Crippen LogP contribution in [0.5, 0.6) is 0 Å². The zero-order valence-electron chi connectivity index (χ0n) is 16.4. The molecular formula is C19H25N7O2. The van der Waals surface area contributed by atoms with Gasteiger partial charge >= 0.3 is 0 Å². The highest BCUT2D eigenvalue weighted by Crippen LogP contribution is 2.28. The van der Waals surface area contributed by atoms with Gasteiger partial charge in [-0.25, -0.2) is 4.98 Å².